The third-order valence-electron chi connectivity index (χ3n) is 4.18. The van der Waals surface area contributed by atoms with Gasteiger partial charge in [0.25, 0.3) is 0 Å². The number of azide groups is 1. The lowest BCUT2D eigenvalue weighted by Crippen LogP contribution is -2.56. The number of hydrogen-bond donors (Lipinski definition) is 0. The van der Waals surface area contributed by atoms with Gasteiger partial charge < -0.3 is 19.2 Å². The number of ether oxygens (including phenoxy) is 2. The second kappa shape index (κ2) is 13.1. The quantitative estimate of drug-likeness (QED) is 0.125. The zero-order valence-corrected chi connectivity index (χ0v) is 15.2. The van der Waals surface area contributed by atoms with Crippen LogP contribution < -0.4 is 0 Å². The van der Waals surface area contributed by atoms with Crippen molar-refractivity contribution in [3.63, 3.8) is 0 Å². The summed E-state index contributed by atoms with van der Waals surface area (Å²) in [5.41, 5.74) is 8.21. The smallest absolute Gasteiger partial charge is 0.332 e. The molecule has 0 N–H and O–H groups in total. The van der Waals surface area contributed by atoms with Crippen molar-refractivity contribution < 1.29 is 23.9 Å². The Morgan fingerprint density at radius 3 is 2.81 bits per heavy atom. The van der Waals surface area contributed by atoms with Crippen molar-refractivity contribution in [2.24, 2.45) is 5.11 Å². The molecule has 26 heavy (non-hydrogen) atoms. The molecular weight excluding hydrogens is 342 g/mol. The predicted octanol–water partition coefficient (Wildman–Crippen LogP) is 0.758. The van der Waals surface area contributed by atoms with Crippen molar-refractivity contribution in [2.45, 2.75) is 31.7 Å². The van der Waals surface area contributed by atoms with Crippen LogP contribution in [-0.4, -0.2) is 87.1 Å². The van der Waals surface area contributed by atoms with Crippen LogP contribution in [0.4, 0.5) is 0 Å². The average Bonchev–Trinajstić information content (AvgIpc) is 2.64. The molecule has 1 saturated heterocycles. The molecule has 1 atom stereocenters. The molecule has 1 aliphatic heterocycles. The summed E-state index contributed by atoms with van der Waals surface area (Å²) in [5, 5.41) is 3.46. The van der Waals surface area contributed by atoms with E-state index in [1.54, 1.807) is 4.90 Å². The molecule has 0 bridgehead atoms. The van der Waals surface area contributed by atoms with Crippen molar-refractivity contribution in [1.29, 1.82) is 0 Å². The zero-order valence-electron chi connectivity index (χ0n) is 15.2. The number of unbranched alkanes of at least 4 members (excludes halogenated alkanes) is 2. The summed E-state index contributed by atoms with van der Waals surface area (Å²) in [4.78, 5) is 41.0. The van der Waals surface area contributed by atoms with Gasteiger partial charge in [-0.15, -0.1) is 0 Å². The maximum Gasteiger partial charge on any atom is 0.332 e. The lowest BCUT2D eigenvalue weighted by atomic mass is 10.1. The molecule has 1 unspecified atom stereocenters. The van der Waals surface area contributed by atoms with Crippen LogP contribution in [0.3, 0.4) is 0 Å². The Morgan fingerprint density at radius 1 is 1.31 bits per heavy atom. The van der Waals surface area contributed by atoms with E-state index in [0.717, 1.165) is 25.5 Å². The van der Waals surface area contributed by atoms with E-state index in [0.29, 0.717) is 32.6 Å². The first-order valence-corrected chi connectivity index (χ1v) is 8.73. The first-order valence-electron chi connectivity index (χ1n) is 8.73. The van der Waals surface area contributed by atoms with Crippen LogP contribution in [0, 0.1) is 0 Å². The first-order chi connectivity index (χ1) is 12.6. The molecule has 10 heteroatoms. The second-order valence-corrected chi connectivity index (χ2v) is 6.04. The van der Waals surface area contributed by atoms with Crippen molar-refractivity contribution in [3.05, 3.63) is 10.4 Å². The first kappa shape index (κ1) is 21.9. The number of nitrogens with zero attached hydrogens (tertiary/aromatic N) is 5. The Balaban J connectivity index is 2.44. The highest BCUT2D eigenvalue weighted by molar-refractivity contribution is 5.76. The van der Waals surface area contributed by atoms with Crippen LogP contribution in [0.25, 0.3) is 10.4 Å². The van der Waals surface area contributed by atoms with Gasteiger partial charge in [0.1, 0.15) is 19.5 Å². The summed E-state index contributed by atoms with van der Waals surface area (Å²) in [7, 11) is 1.41. The molecule has 1 amide bonds. The van der Waals surface area contributed by atoms with Gasteiger partial charge in [-0.3, -0.25) is 9.69 Å². The van der Waals surface area contributed by atoms with Crippen LogP contribution in [0.1, 0.15) is 25.7 Å². The fourth-order valence-electron chi connectivity index (χ4n) is 2.80. The number of rotatable bonds is 12. The van der Waals surface area contributed by atoms with Gasteiger partial charge in [-0.25, -0.2) is 4.79 Å². The monoisotopic (exact) mass is 369 g/mol. The molecule has 0 spiro atoms. The molecule has 0 radical (unpaired) electrons. The van der Waals surface area contributed by atoms with Crippen LogP contribution in [0.2, 0.25) is 0 Å². The summed E-state index contributed by atoms with van der Waals surface area (Å²) in [6.07, 6.45) is 3.57. The van der Waals surface area contributed by atoms with Crippen molar-refractivity contribution in [2.75, 3.05) is 53.0 Å². The normalized spacial score (nSPS) is 17.4. The SMILES string of the molecule is COCC(=O)OCC1CN(C(=O)CCCCCN=[N+]=[N-])CCN1CC=O. The van der Waals surface area contributed by atoms with Gasteiger partial charge in [0.15, 0.2) is 0 Å². The van der Waals surface area contributed by atoms with E-state index < -0.39 is 5.97 Å². The van der Waals surface area contributed by atoms with Crippen molar-refractivity contribution >= 4 is 18.2 Å². The van der Waals surface area contributed by atoms with E-state index in [1.165, 1.54) is 7.11 Å². The van der Waals surface area contributed by atoms with Gasteiger partial charge in [-0.05, 0) is 18.4 Å². The maximum absolute atomic E-state index is 12.4. The molecule has 146 valence electrons. The van der Waals surface area contributed by atoms with E-state index in [9.17, 15) is 14.4 Å². The molecule has 1 aliphatic rings. The number of methoxy groups -OCH3 is 1. The number of esters is 1. The minimum atomic E-state index is -0.470. The van der Waals surface area contributed by atoms with Gasteiger partial charge in [-0.1, -0.05) is 11.5 Å². The Morgan fingerprint density at radius 2 is 2.12 bits per heavy atom. The summed E-state index contributed by atoms with van der Waals surface area (Å²) in [6.45, 7) is 2.22. The molecule has 0 aromatic heterocycles. The van der Waals surface area contributed by atoms with E-state index in [4.69, 9.17) is 15.0 Å². The van der Waals surface area contributed by atoms with Crippen LogP contribution in [0.5, 0.6) is 0 Å². The Bertz CT molecular complexity index is 509. The standard InChI is InChI=1S/C16H27N5O5/c1-25-13-16(24)26-12-14-11-21(8-7-20(14)9-10-22)15(23)5-3-2-4-6-18-19-17/h10,14H,2-9,11-13H2,1H3. The van der Waals surface area contributed by atoms with Crippen LogP contribution in [-0.2, 0) is 23.9 Å². The Kier molecular flexibility index (Phi) is 11.0. The van der Waals surface area contributed by atoms with E-state index in [2.05, 4.69) is 10.0 Å². The summed E-state index contributed by atoms with van der Waals surface area (Å²) in [6, 6.07) is -0.205. The number of carbonyl (C=O) groups is 3. The number of amides is 1. The summed E-state index contributed by atoms with van der Waals surface area (Å²) in [5.74, 6) is -0.421. The molecule has 0 saturated carbocycles. The van der Waals surface area contributed by atoms with Crippen molar-refractivity contribution in [3.8, 4) is 0 Å². The lowest BCUT2D eigenvalue weighted by molar-refractivity contribution is -0.151. The number of carbonyl (C=O) groups excluding carboxylic acids is 3. The third-order valence-corrected chi connectivity index (χ3v) is 4.18. The molecule has 0 aliphatic carbocycles. The molecular formula is C16H27N5O5. The minimum absolute atomic E-state index is 0.0488. The van der Waals surface area contributed by atoms with Gasteiger partial charge in [-0.2, -0.15) is 0 Å². The van der Waals surface area contributed by atoms with Crippen LogP contribution >= 0.6 is 0 Å². The number of hydrogen-bond acceptors (Lipinski definition) is 7. The molecule has 1 rings (SSSR count). The van der Waals surface area contributed by atoms with Gasteiger partial charge >= 0.3 is 5.97 Å². The van der Waals surface area contributed by atoms with Crippen molar-refractivity contribution in [1.82, 2.24) is 9.80 Å². The van der Waals surface area contributed by atoms with Crippen LogP contribution in [0.15, 0.2) is 5.11 Å². The van der Waals surface area contributed by atoms with Gasteiger partial charge in [0.2, 0.25) is 5.91 Å². The number of piperazine rings is 1. The summed E-state index contributed by atoms with van der Waals surface area (Å²) >= 11 is 0. The summed E-state index contributed by atoms with van der Waals surface area (Å²) < 4.78 is 9.88. The Labute approximate surface area is 153 Å². The Hall–Kier alpha value is -2.16. The average molecular weight is 369 g/mol. The fourth-order valence-corrected chi connectivity index (χ4v) is 2.80. The highest BCUT2D eigenvalue weighted by atomic mass is 16.6. The highest BCUT2D eigenvalue weighted by Crippen LogP contribution is 2.13. The van der Waals surface area contributed by atoms with Gasteiger partial charge in [0, 0.05) is 44.6 Å². The predicted molar refractivity (Wildman–Crippen MR) is 93.3 cm³/mol. The minimum Gasteiger partial charge on any atom is -0.462 e. The lowest BCUT2D eigenvalue weighted by Gasteiger charge is -2.40. The fraction of sp³-hybridized carbons (Fsp3) is 0.812. The third kappa shape index (κ3) is 8.28. The highest BCUT2D eigenvalue weighted by Gasteiger charge is 2.29. The topological polar surface area (TPSA) is 125 Å². The van der Waals surface area contributed by atoms with E-state index >= 15 is 0 Å². The molecule has 1 heterocycles. The second-order valence-electron chi connectivity index (χ2n) is 6.04. The molecule has 0 aromatic carbocycles. The number of aldehydes is 1. The zero-order chi connectivity index (χ0) is 19.2. The molecule has 0 aromatic rings. The van der Waals surface area contributed by atoms with E-state index in [-0.39, 0.29) is 31.7 Å². The maximum atomic E-state index is 12.4. The van der Waals surface area contributed by atoms with Gasteiger partial charge in [0.05, 0.1) is 12.6 Å². The molecule has 10 nitrogen and oxygen atoms in total. The van der Waals surface area contributed by atoms with E-state index in [1.807, 2.05) is 4.90 Å². The molecule has 1 fully saturated rings. The largest absolute Gasteiger partial charge is 0.462 e.